The molecule has 1 amide bonds. The number of morpholine rings is 1. The van der Waals surface area contributed by atoms with Gasteiger partial charge in [-0.15, -0.1) is 12.4 Å². The van der Waals surface area contributed by atoms with Crippen molar-refractivity contribution in [3.05, 3.63) is 35.9 Å². The molecule has 23 heavy (non-hydrogen) atoms. The second-order valence-electron chi connectivity index (χ2n) is 5.96. The number of rotatable bonds is 3. The molecule has 2 fully saturated rings. The average Bonchev–Trinajstić information content (AvgIpc) is 2.62. The van der Waals surface area contributed by atoms with E-state index in [1.807, 2.05) is 35.2 Å². The number of ether oxygens (including phenoxy) is 2. The lowest BCUT2D eigenvalue weighted by atomic mass is 9.88. The van der Waals surface area contributed by atoms with Gasteiger partial charge in [-0.1, -0.05) is 30.3 Å². The highest BCUT2D eigenvalue weighted by Gasteiger charge is 2.37. The van der Waals surface area contributed by atoms with Gasteiger partial charge >= 0.3 is 0 Å². The second kappa shape index (κ2) is 8.64. The summed E-state index contributed by atoms with van der Waals surface area (Å²) in [5, 5.41) is 0. The number of nitrogens with zero attached hydrogens (tertiary/aromatic N) is 1. The zero-order chi connectivity index (χ0) is 15.4. The SMILES string of the molecule is Cl.NCC1CN(C(=O)C2CCCOC2c2ccccc2)CCO1. The molecule has 0 radical (unpaired) electrons. The van der Waals surface area contributed by atoms with E-state index in [-0.39, 0.29) is 36.4 Å². The fraction of sp³-hybridized carbons (Fsp3) is 0.588. The monoisotopic (exact) mass is 340 g/mol. The van der Waals surface area contributed by atoms with Crippen molar-refractivity contribution in [2.45, 2.75) is 25.0 Å². The van der Waals surface area contributed by atoms with Gasteiger partial charge in [-0.3, -0.25) is 4.79 Å². The molecule has 5 nitrogen and oxygen atoms in total. The van der Waals surface area contributed by atoms with Gasteiger partial charge in [0.05, 0.1) is 24.7 Å². The van der Waals surface area contributed by atoms with Crippen LogP contribution >= 0.6 is 12.4 Å². The van der Waals surface area contributed by atoms with Gasteiger partial charge in [0.15, 0.2) is 0 Å². The van der Waals surface area contributed by atoms with Gasteiger partial charge in [-0.25, -0.2) is 0 Å². The predicted molar refractivity (Wildman–Crippen MR) is 90.5 cm³/mol. The first-order valence-electron chi connectivity index (χ1n) is 8.06. The van der Waals surface area contributed by atoms with E-state index in [2.05, 4.69) is 0 Å². The Hall–Kier alpha value is -1.14. The van der Waals surface area contributed by atoms with Crippen LogP contribution in [0.5, 0.6) is 0 Å². The predicted octanol–water partition coefficient (Wildman–Crippen LogP) is 1.76. The van der Waals surface area contributed by atoms with Crippen molar-refractivity contribution in [1.29, 1.82) is 0 Å². The quantitative estimate of drug-likeness (QED) is 0.910. The fourth-order valence-electron chi connectivity index (χ4n) is 3.30. The van der Waals surface area contributed by atoms with E-state index < -0.39 is 0 Å². The molecule has 1 aromatic rings. The number of benzene rings is 1. The van der Waals surface area contributed by atoms with Gasteiger partial charge in [0.2, 0.25) is 5.91 Å². The van der Waals surface area contributed by atoms with E-state index in [1.165, 1.54) is 0 Å². The summed E-state index contributed by atoms with van der Waals surface area (Å²) in [6.45, 7) is 2.98. The molecule has 3 unspecified atom stereocenters. The lowest BCUT2D eigenvalue weighted by Gasteiger charge is -2.38. The van der Waals surface area contributed by atoms with Crippen molar-refractivity contribution in [2.24, 2.45) is 11.7 Å². The maximum absolute atomic E-state index is 12.9. The molecule has 2 aliphatic heterocycles. The van der Waals surface area contributed by atoms with E-state index in [0.29, 0.717) is 26.2 Å². The number of halogens is 1. The van der Waals surface area contributed by atoms with Crippen LogP contribution in [0.1, 0.15) is 24.5 Å². The molecule has 128 valence electrons. The Labute approximate surface area is 143 Å². The molecule has 6 heteroatoms. The molecule has 0 spiro atoms. The van der Waals surface area contributed by atoms with E-state index in [4.69, 9.17) is 15.2 Å². The van der Waals surface area contributed by atoms with Crippen LogP contribution in [0.2, 0.25) is 0 Å². The molecule has 0 aliphatic carbocycles. The first-order chi connectivity index (χ1) is 10.8. The third-order valence-electron chi connectivity index (χ3n) is 4.48. The van der Waals surface area contributed by atoms with Gasteiger partial charge in [0.1, 0.15) is 0 Å². The van der Waals surface area contributed by atoms with Crippen LogP contribution in [-0.2, 0) is 14.3 Å². The number of carbonyl (C=O) groups excluding carboxylic acids is 1. The third kappa shape index (κ3) is 4.23. The summed E-state index contributed by atoms with van der Waals surface area (Å²) in [6, 6.07) is 10.1. The van der Waals surface area contributed by atoms with Crippen LogP contribution in [0.15, 0.2) is 30.3 Å². The normalized spacial score (nSPS) is 28.0. The molecule has 3 rings (SSSR count). The summed E-state index contributed by atoms with van der Waals surface area (Å²) in [4.78, 5) is 14.8. The van der Waals surface area contributed by atoms with Crippen molar-refractivity contribution in [3.63, 3.8) is 0 Å². The number of carbonyl (C=O) groups is 1. The van der Waals surface area contributed by atoms with Crippen molar-refractivity contribution in [2.75, 3.05) is 32.8 Å². The topological polar surface area (TPSA) is 64.8 Å². The van der Waals surface area contributed by atoms with Crippen LogP contribution in [0, 0.1) is 5.92 Å². The van der Waals surface area contributed by atoms with Gasteiger partial charge in [-0.2, -0.15) is 0 Å². The maximum Gasteiger partial charge on any atom is 0.228 e. The highest BCUT2D eigenvalue weighted by Crippen LogP contribution is 2.35. The molecule has 3 atom stereocenters. The molecular weight excluding hydrogens is 316 g/mol. The van der Waals surface area contributed by atoms with E-state index in [0.717, 1.165) is 25.0 Å². The van der Waals surface area contributed by atoms with Crippen molar-refractivity contribution in [3.8, 4) is 0 Å². The Morgan fingerprint density at radius 3 is 2.74 bits per heavy atom. The molecule has 0 aromatic heterocycles. The summed E-state index contributed by atoms with van der Waals surface area (Å²) in [6.07, 6.45) is 1.63. The number of nitrogens with two attached hydrogens (primary N) is 1. The van der Waals surface area contributed by atoms with Crippen LogP contribution < -0.4 is 5.73 Å². The summed E-state index contributed by atoms with van der Waals surface area (Å²) in [7, 11) is 0. The van der Waals surface area contributed by atoms with E-state index >= 15 is 0 Å². The van der Waals surface area contributed by atoms with Crippen LogP contribution in [0.25, 0.3) is 0 Å². The molecule has 2 aliphatic rings. The molecule has 2 saturated heterocycles. The maximum atomic E-state index is 12.9. The summed E-state index contributed by atoms with van der Waals surface area (Å²) < 4.78 is 11.5. The summed E-state index contributed by atoms with van der Waals surface area (Å²) in [5.41, 5.74) is 6.76. The number of hydrogen-bond donors (Lipinski definition) is 1. The van der Waals surface area contributed by atoms with Gasteiger partial charge in [0, 0.05) is 26.2 Å². The Morgan fingerprint density at radius 2 is 2.00 bits per heavy atom. The zero-order valence-electron chi connectivity index (χ0n) is 13.2. The average molecular weight is 341 g/mol. The summed E-state index contributed by atoms with van der Waals surface area (Å²) in [5.74, 6) is 0.0722. The Morgan fingerprint density at radius 1 is 1.22 bits per heavy atom. The van der Waals surface area contributed by atoms with E-state index in [1.54, 1.807) is 0 Å². The fourth-order valence-corrected chi connectivity index (χ4v) is 3.30. The minimum Gasteiger partial charge on any atom is -0.373 e. The smallest absolute Gasteiger partial charge is 0.228 e. The Kier molecular flexibility index (Phi) is 6.84. The zero-order valence-corrected chi connectivity index (χ0v) is 14.0. The highest BCUT2D eigenvalue weighted by molar-refractivity contribution is 5.85. The standard InChI is InChI=1S/C17H24N2O3.ClH/c18-11-14-12-19(8-10-21-14)17(20)15-7-4-9-22-16(15)13-5-2-1-3-6-13;/h1-3,5-6,14-16H,4,7-12,18H2;1H. The van der Waals surface area contributed by atoms with E-state index in [9.17, 15) is 4.79 Å². The lowest BCUT2D eigenvalue weighted by Crippen LogP contribution is -2.51. The second-order valence-corrected chi connectivity index (χ2v) is 5.96. The van der Waals surface area contributed by atoms with Crippen LogP contribution in [0.4, 0.5) is 0 Å². The first kappa shape index (κ1) is 18.2. The van der Waals surface area contributed by atoms with Crippen molar-refractivity contribution in [1.82, 2.24) is 4.90 Å². The molecule has 2 heterocycles. The Bertz CT molecular complexity index is 500. The van der Waals surface area contributed by atoms with Crippen molar-refractivity contribution < 1.29 is 14.3 Å². The van der Waals surface area contributed by atoms with Gasteiger partial charge in [-0.05, 0) is 18.4 Å². The van der Waals surface area contributed by atoms with Gasteiger partial charge in [0.25, 0.3) is 0 Å². The number of amides is 1. The number of hydrogen-bond acceptors (Lipinski definition) is 4. The minimum atomic E-state index is -0.137. The highest BCUT2D eigenvalue weighted by atomic mass is 35.5. The minimum absolute atomic E-state index is 0. The third-order valence-corrected chi connectivity index (χ3v) is 4.48. The summed E-state index contributed by atoms with van der Waals surface area (Å²) >= 11 is 0. The lowest BCUT2D eigenvalue weighted by molar-refractivity contribution is -0.152. The largest absolute Gasteiger partial charge is 0.373 e. The molecule has 1 aromatic carbocycles. The van der Waals surface area contributed by atoms with Gasteiger partial charge < -0.3 is 20.1 Å². The van der Waals surface area contributed by atoms with Crippen LogP contribution in [-0.4, -0.2) is 49.8 Å². The van der Waals surface area contributed by atoms with Crippen molar-refractivity contribution >= 4 is 18.3 Å². The van der Waals surface area contributed by atoms with Crippen LogP contribution in [0.3, 0.4) is 0 Å². The molecular formula is C17H25ClN2O3. The molecule has 2 N–H and O–H groups in total. The Balaban J connectivity index is 0.00000192. The first-order valence-corrected chi connectivity index (χ1v) is 8.06. The molecule has 0 bridgehead atoms. The molecule has 0 saturated carbocycles.